The summed E-state index contributed by atoms with van der Waals surface area (Å²) in [5, 5.41) is 3.57. The Morgan fingerprint density at radius 3 is 1.24 bits per heavy atom. The van der Waals surface area contributed by atoms with E-state index in [0.717, 1.165) is 56.8 Å². The molecule has 4 aromatic carbocycles. The molecule has 7 aromatic rings. The number of ether oxygens (including phenoxy) is 2. The SMILES string of the molecule is CCC.CCCCC(CC)CN(S)C(C)(OCC)OCCC.[Cu+2].c1ccc2c(c1)-c1nc-2nc2[n-]c(nc3nc(nc4[n-]c(n1)c1ccccc41)-c1ccccc1-3)c1ccccc21. The largest absolute Gasteiger partial charge is 2.00 e. The first-order valence-corrected chi connectivity index (χ1v) is 22.5. The van der Waals surface area contributed by atoms with Crippen molar-refractivity contribution in [2.75, 3.05) is 19.8 Å². The Hall–Kier alpha value is -5.01. The van der Waals surface area contributed by atoms with Gasteiger partial charge in [-0.2, -0.15) is 4.31 Å². The average molecular weight is 912 g/mol. The minimum absolute atomic E-state index is 0. The fourth-order valence-corrected chi connectivity index (χ4v) is 7.88. The molecule has 2 unspecified atom stereocenters. The molecule has 0 amide bonds. The van der Waals surface area contributed by atoms with Gasteiger partial charge in [0.15, 0.2) is 0 Å². The Bertz CT molecular complexity index is 2470. The van der Waals surface area contributed by atoms with E-state index in [0.29, 0.717) is 65.0 Å². The molecule has 0 saturated heterocycles. The second-order valence-electron chi connectivity index (χ2n) is 15.6. The molecule has 3 aromatic heterocycles. The average Bonchev–Trinajstić information content (AvgIpc) is 4.03. The number of rotatable bonds is 12. The number of benzene rings is 4. The number of aromatic nitrogens is 8. The smallest absolute Gasteiger partial charge is 0.357 e. The fraction of sp³-hybridized carbons (Fsp3) is 0.360. The van der Waals surface area contributed by atoms with Crippen molar-refractivity contribution >= 4 is 56.9 Å². The zero-order valence-electron chi connectivity index (χ0n) is 37.3. The van der Waals surface area contributed by atoms with Gasteiger partial charge in [-0.05, 0) is 47.2 Å². The maximum atomic E-state index is 5.86. The minimum atomic E-state index is -0.715. The minimum Gasteiger partial charge on any atom is -0.357 e. The maximum absolute atomic E-state index is 5.86. The Labute approximate surface area is 387 Å². The Kier molecular flexibility index (Phi) is 16.6. The van der Waals surface area contributed by atoms with E-state index in [2.05, 4.69) is 47.4 Å². The molecular formula is C50H57CuN9O2S. The third-order valence-electron chi connectivity index (χ3n) is 10.8. The van der Waals surface area contributed by atoms with Crippen LogP contribution in [0.4, 0.5) is 0 Å². The number of unbranched alkanes of at least 4 members (excludes halogenated alkanes) is 1. The van der Waals surface area contributed by atoms with E-state index in [-0.39, 0.29) is 17.1 Å². The molecule has 0 saturated carbocycles. The Morgan fingerprint density at radius 1 is 0.556 bits per heavy atom. The topological polar surface area (TPSA) is 127 Å². The predicted octanol–water partition coefficient (Wildman–Crippen LogP) is 12.0. The molecule has 0 aliphatic carbocycles. The summed E-state index contributed by atoms with van der Waals surface area (Å²) in [4.78, 5) is 39.3. The zero-order chi connectivity index (χ0) is 43.6. The maximum Gasteiger partial charge on any atom is 2.00 e. The number of thiol groups is 1. The van der Waals surface area contributed by atoms with Crippen LogP contribution in [-0.2, 0) is 26.5 Å². The molecule has 0 fully saturated rings. The normalized spacial score (nSPS) is 12.9. The van der Waals surface area contributed by atoms with Gasteiger partial charge >= 0.3 is 17.1 Å². The fourth-order valence-electron chi connectivity index (χ4n) is 7.54. The molecule has 2 aliphatic heterocycles. The monoisotopic (exact) mass is 910 g/mol. The van der Waals surface area contributed by atoms with Gasteiger partial charge in [0.2, 0.25) is 5.91 Å². The van der Waals surface area contributed by atoms with Gasteiger partial charge in [0.1, 0.15) is 0 Å². The quantitative estimate of drug-likeness (QED) is 0.0715. The van der Waals surface area contributed by atoms with Crippen molar-refractivity contribution in [2.45, 2.75) is 92.9 Å². The summed E-state index contributed by atoms with van der Waals surface area (Å²) in [5.41, 5.74) is 5.78. The summed E-state index contributed by atoms with van der Waals surface area (Å²) in [7, 11) is 0. The summed E-state index contributed by atoms with van der Waals surface area (Å²) < 4.78 is 13.6. The molecule has 2 atom stereocenters. The second kappa shape index (κ2) is 22.1. The molecule has 1 radical (unpaired) electrons. The first-order chi connectivity index (χ1) is 30.2. The van der Waals surface area contributed by atoms with Crippen LogP contribution in [0.2, 0.25) is 0 Å². The van der Waals surface area contributed by atoms with Crippen molar-refractivity contribution in [3.05, 3.63) is 97.1 Å². The number of hydrogen-bond acceptors (Lipinski definition) is 10. The van der Waals surface area contributed by atoms with Gasteiger partial charge < -0.3 is 39.4 Å². The van der Waals surface area contributed by atoms with Crippen LogP contribution in [0.3, 0.4) is 0 Å². The van der Waals surface area contributed by atoms with Crippen LogP contribution in [-0.4, -0.2) is 59.9 Å². The molecule has 9 rings (SSSR count). The summed E-state index contributed by atoms with van der Waals surface area (Å²) in [6.45, 7) is 17.0. The van der Waals surface area contributed by atoms with Crippen LogP contribution in [0, 0.1) is 5.92 Å². The van der Waals surface area contributed by atoms with Gasteiger partial charge in [0.05, 0.1) is 29.9 Å². The summed E-state index contributed by atoms with van der Waals surface area (Å²) >= 11 is 4.62. The van der Waals surface area contributed by atoms with Crippen LogP contribution < -0.4 is 9.97 Å². The van der Waals surface area contributed by atoms with Gasteiger partial charge in [0, 0.05) is 64.9 Å². The summed E-state index contributed by atoms with van der Waals surface area (Å²) in [6.07, 6.45) is 7.18. The van der Waals surface area contributed by atoms with E-state index >= 15 is 0 Å². The number of hydrogen-bond donors (Lipinski definition) is 1. The van der Waals surface area contributed by atoms with Crippen LogP contribution in [0.15, 0.2) is 97.1 Å². The molecule has 0 N–H and O–H groups in total. The van der Waals surface area contributed by atoms with Crippen molar-refractivity contribution in [1.82, 2.24) is 44.2 Å². The Balaban J connectivity index is 0.000000246. The van der Waals surface area contributed by atoms with Gasteiger partial charge in [-0.3, -0.25) is 0 Å². The van der Waals surface area contributed by atoms with Crippen molar-refractivity contribution in [2.24, 2.45) is 5.92 Å². The molecular weight excluding hydrogens is 854 g/mol. The van der Waals surface area contributed by atoms with E-state index < -0.39 is 5.91 Å². The van der Waals surface area contributed by atoms with E-state index in [1.165, 1.54) is 32.1 Å². The van der Waals surface area contributed by atoms with Gasteiger partial charge in [-0.15, -0.1) is 0 Å². The van der Waals surface area contributed by atoms with E-state index in [1.54, 1.807) is 0 Å². The zero-order valence-corrected chi connectivity index (χ0v) is 39.1. The van der Waals surface area contributed by atoms with Crippen molar-refractivity contribution in [1.29, 1.82) is 0 Å². The van der Waals surface area contributed by atoms with Crippen LogP contribution in [0.5, 0.6) is 0 Å². The first kappa shape index (κ1) is 47.5. The molecule has 8 bridgehead atoms. The third-order valence-corrected chi connectivity index (χ3v) is 11.3. The van der Waals surface area contributed by atoms with E-state index in [1.807, 2.05) is 115 Å². The van der Waals surface area contributed by atoms with Crippen molar-refractivity contribution in [3.8, 4) is 45.6 Å². The number of nitrogens with zero attached hydrogens (tertiary/aromatic N) is 9. The molecule has 2 aliphatic rings. The second-order valence-corrected chi connectivity index (χ2v) is 16.0. The van der Waals surface area contributed by atoms with Gasteiger partial charge in [-0.1, -0.05) is 170 Å². The molecule has 11 nitrogen and oxygen atoms in total. The molecule has 0 spiro atoms. The van der Waals surface area contributed by atoms with Gasteiger partial charge in [-0.25, -0.2) is 9.97 Å². The summed E-state index contributed by atoms with van der Waals surface area (Å²) in [6, 6.07) is 31.8. The molecule has 63 heavy (non-hydrogen) atoms. The summed E-state index contributed by atoms with van der Waals surface area (Å²) in [5.74, 6) is 2.15. The molecule has 5 heterocycles. The first-order valence-electron chi connectivity index (χ1n) is 22.1. The third kappa shape index (κ3) is 10.5. The number of fused-ring (bicyclic) bond motifs is 20. The van der Waals surface area contributed by atoms with Crippen molar-refractivity contribution in [3.63, 3.8) is 0 Å². The molecule has 13 heteroatoms. The van der Waals surface area contributed by atoms with Gasteiger partial charge in [0.25, 0.3) is 0 Å². The standard InChI is InChI=1S/C32H16N8.C15H33NO2S.C3H8.Cu/c1-2-10-18-17(9-1)25-33-26(18)38-28-21-13-5-6-14-22(21)30(35-28)40-32-24-16-8-7-15-23(24)31(36-32)39-29-20-12-4-3-11-19(20)27(34-29)37-25;1-6-10-11-14(8-3)13-16(19)15(5,17-9-4)18-12-7-2;1-3-2;/h1-16H;14,19H,6-13H2,1-5H3;3H2,1-2H3;/q-2;;;+2. The Morgan fingerprint density at radius 2 is 0.921 bits per heavy atom. The van der Waals surface area contributed by atoms with Crippen LogP contribution in [0.25, 0.3) is 89.7 Å². The van der Waals surface area contributed by atoms with E-state index in [4.69, 9.17) is 49.3 Å². The van der Waals surface area contributed by atoms with Crippen LogP contribution in [0.1, 0.15) is 87.0 Å². The van der Waals surface area contributed by atoms with Crippen LogP contribution >= 0.6 is 12.8 Å². The molecule has 331 valence electrons. The van der Waals surface area contributed by atoms with Crippen molar-refractivity contribution < 1.29 is 26.5 Å². The van der Waals surface area contributed by atoms with E-state index in [9.17, 15) is 0 Å². The predicted molar refractivity (Wildman–Crippen MR) is 255 cm³/mol.